The number of hydrogen-bond acceptors (Lipinski definition) is 5. The molecule has 18 heavy (non-hydrogen) atoms. The maximum Gasteiger partial charge on any atom is 0.293 e. The predicted octanol–water partition coefficient (Wildman–Crippen LogP) is 2.14. The fourth-order valence-electron chi connectivity index (χ4n) is 1.21. The monoisotopic (exact) mass is 262 g/mol. The van der Waals surface area contributed by atoms with Crippen LogP contribution in [0.2, 0.25) is 0 Å². The van der Waals surface area contributed by atoms with Gasteiger partial charge in [-0.25, -0.2) is 0 Å². The minimum absolute atomic E-state index is 0.242. The Morgan fingerprint density at radius 2 is 1.61 bits per heavy atom. The van der Waals surface area contributed by atoms with Crippen LogP contribution in [-0.2, 0) is 23.7 Å². The highest BCUT2D eigenvalue weighted by Crippen LogP contribution is 2.00. The molecule has 5 nitrogen and oxygen atoms in total. The van der Waals surface area contributed by atoms with Crippen LogP contribution in [0.4, 0.5) is 0 Å². The van der Waals surface area contributed by atoms with Crippen molar-refractivity contribution in [2.75, 3.05) is 33.0 Å². The van der Waals surface area contributed by atoms with Crippen molar-refractivity contribution >= 4 is 6.47 Å². The second-order valence-electron chi connectivity index (χ2n) is 3.92. The van der Waals surface area contributed by atoms with Crippen LogP contribution in [0, 0.1) is 0 Å². The topological polar surface area (TPSA) is 54.0 Å². The first kappa shape index (κ1) is 17.4. The van der Waals surface area contributed by atoms with Gasteiger partial charge >= 0.3 is 0 Å². The number of carbonyl (C=O) groups is 1. The van der Waals surface area contributed by atoms with E-state index < -0.39 is 0 Å². The molecule has 1 unspecified atom stereocenters. The molecule has 0 aliphatic heterocycles. The van der Waals surface area contributed by atoms with E-state index in [1.807, 2.05) is 0 Å². The third-order valence-corrected chi connectivity index (χ3v) is 2.27. The summed E-state index contributed by atoms with van der Waals surface area (Å²) >= 11 is 0. The molecule has 1 atom stereocenters. The molecule has 0 saturated heterocycles. The fourth-order valence-corrected chi connectivity index (χ4v) is 1.21. The number of carbonyl (C=O) groups excluding carboxylic acids is 1. The standard InChI is InChI=1S/C13H26O5/c1-3-5-7-15-11-13(17-8-6-4-2)18-10-9-16-12-14/h12-13H,3-11H2,1-2H3. The Balaban J connectivity index is 3.65. The van der Waals surface area contributed by atoms with Crippen molar-refractivity contribution in [2.24, 2.45) is 0 Å². The Hall–Kier alpha value is -0.650. The molecule has 0 aromatic rings. The third kappa shape index (κ3) is 11.8. The van der Waals surface area contributed by atoms with Gasteiger partial charge in [-0.15, -0.1) is 0 Å². The van der Waals surface area contributed by atoms with Gasteiger partial charge in [0.25, 0.3) is 6.47 Å². The van der Waals surface area contributed by atoms with Crippen LogP contribution in [-0.4, -0.2) is 45.8 Å². The van der Waals surface area contributed by atoms with E-state index in [0.717, 1.165) is 32.3 Å². The van der Waals surface area contributed by atoms with Crippen LogP contribution < -0.4 is 0 Å². The second kappa shape index (κ2) is 14.4. The van der Waals surface area contributed by atoms with E-state index in [9.17, 15) is 4.79 Å². The van der Waals surface area contributed by atoms with Crippen molar-refractivity contribution in [3.05, 3.63) is 0 Å². The Bertz CT molecular complexity index is 175. The molecule has 0 heterocycles. The molecule has 0 aromatic heterocycles. The lowest BCUT2D eigenvalue weighted by molar-refractivity contribution is -0.179. The molecule has 5 heteroatoms. The first-order chi connectivity index (χ1) is 8.85. The largest absolute Gasteiger partial charge is 0.465 e. The molecule has 0 bridgehead atoms. The fraction of sp³-hybridized carbons (Fsp3) is 0.923. The van der Waals surface area contributed by atoms with Gasteiger partial charge in [-0.1, -0.05) is 26.7 Å². The highest BCUT2D eigenvalue weighted by molar-refractivity contribution is 5.36. The van der Waals surface area contributed by atoms with E-state index in [2.05, 4.69) is 18.6 Å². The first-order valence-corrected chi connectivity index (χ1v) is 6.71. The van der Waals surface area contributed by atoms with E-state index >= 15 is 0 Å². The number of rotatable bonds is 14. The van der Waals surface area contributed by atoms with E-state index in [1.165, 1.54) is 0 Å². The molecular formula is C13H26O5. The summed E-state index contributed by atoms with van der Waals surface area (Å²) in [5.41, 5.74) is 0. The van der Waals surface area contributed by atoms with Gasteiger partial charge in [0, 0.05) is 13.2 Å². The quantitative estimate of drug-likeness (QED) is 0.273. The highest BCUT2D eigenvalue weighted by atomic mass is 16.7. The van der Waals surface area contributed by atoms with Crippen LogP contribution in [0.5, 0.6) is 0 Å². The van der Waals surface area contributed by atoms with Crippen molar-refractivity contribution in [3.8, 4) is 0 Å². The van der Waals surface area contributed by atoms with Crippen molar-refractivity contribution in [2.45, 2.75) is 45.8 Å². The molecule has 0 amide bonds. The Morgan fingerprint density at radius 3 is 2.28 bits per heavy atom. The van der Waals surface area contributed by atoms with Crippen molar-refractivity contribution < 1.29 is 23.7 Å². The smallest absolute Gasteiger partial charge is 0.293 e. The lowest BCUT2D eigenvalue weighted by Gasteiger charge is -2.18. The molecule has 0 aliphatic carbocycles. The first-order valence-electron chi connectivity index (χ1n) is 6.71. The van der Waals surface area contributed by atoms with E-state index in [0.29, 0.717) is 26.3 Å². The van der Waals surface area contributed by atoms with Crippen LogP contribution in [0.3, 0.4) is 0 Å². The summed E-state index contributed by atoms with van der Waals surface area (Å²) in [5.74, 6) is 0. The van der Waals surface area contributed by atoms with Crippen molar-refractivity contribution in [1.82, 2.24) is 0 Å². The van der Waals surface area contributed by atoms with Crippen LogP contribution >= 0.6 is 0 Å². The van der Waals surface area contributed by atoms with Gasteiger partial charge in [0.05, 0.1) is 13.2 Å². The van der Waals surface area contributed by atoms with E-state index in [-0.39, 0.29) is 12.9 Å². The molecule has 0 rings (SSSR count). The van der Waals surface area contributed by atoms with Crippen LogP contribution in [0.1, 0.15) is 39.5 Å². The molecule has 0 radical (unpaired) electrons. The lowest BCUT2D eigenvalue weighted by atomic mass is 10.4. The van der Waals surface area contributed by atoms with Crippen molar-refractivity contribution in [3.63, 3.8) is 0 Å². The summed E-state index contributed by atoms with van der Waals surface area (Å²) < 4.78 is 21.0. The maximum atomic E-state index is 9.97. The zero-order valence-corrected chi connectivity index (χ0v) is 11.6. The molecular weight excluding hydrogens is 236 g/mol. The summed E-state index contributed by atoms with van der Waals surface area (Å²) in [5, 5.41) is 0. The van der Waals surface area contributed by atoms with Crippen LogP contribution in [0.15, 0.2) is 0 Å². The Kier molecular flexibility index (Phi) is 13.9. The average Bonchev–Trinajstić information content (AvgIpc) is 2.39. The average molecular weight is 262 g/mol. The number of ether oxygens (including phenoxy) is 4. The van der Waals surface area contributed by atoms with Gasteiger partial charge in [-0.2, -0.15) is 0 Å². The number of unbranched alkanes of at least 4 members (excludes halogenated alkanes) is 2. The molecule has 0 N–H and O–H groups in total. The van der Waals surface area contributed by atoms with Gasteiger partial charge in [0.2, 0.25) is 0 Å². The zero-order chi connectivity index (χ0) is 13.5. The maximum absolute atomic E-state index is 9.97. The van der Waals surface area contributed by atoms with Crippen LogP contribution in [0.25, 0.3) is 0 Å². The second-order valence-corrected chi connectivity index (χ2v) is 3.92. The molecule has 0 saturated carbocycles. The van der Waals surface area contributed by atoms with Gasteiger partial charge < -0.3 is 18.9 Å². The number of hydrogen-bond donors (Lipinski definition) is 0. The highest BCUT2D eigenvalue weighted by Gasteiger charge is 2.09. The predicted molar refractivity (Wildman–Crippen MR) is 68.3 cm³/mol. The van der Waals surface area contributed by atoms with E-state index in [4.69, 9.17) is 14.2 Å². The van der Waals surface area contributed by atoms with Crippen molar-refractivity contribution in [1.29, 1.82) is 0 Å². The van der Waals surface area contributed by atoms with Gasteiger partial charge in [-0.3, -0.25) is 4.79 Å². The molecule has 0 aliphatic rings. The SMILES string of the molecule is CCCCOCC(OCCCC)OCCOC=O. The zero-order valence-electron chi connectivity index (χ0n) is 11.6. The minimum Gasteiger partial charge on any atom is -0.465 e. The van der Waals surface area contributed by atoms with Gasteiger partial charge in [-0.05, 0) is 12.8 Å². The summed E-state index contributed by atoms with van der Waals surface area (Å²) in [7, 11) is 0. The third-order valence-electron chi connectivity index (χ3n) is 2.27. The minimum atomic E-state index is -0.372. The Labute approximate surface area is 110 Å². The summed E-state index contributed by atoms with van der Waals surface area (Å²) in [6, 6.07) is 0. The Morgan fingerprint density at radius 1 is 0.944 bits per heavy atom. The van der Waals surface area contributed by atoms with E-state index in [1.54, 1.807) is 0 Å². The van der Waals surface area contributed by atoms with Gasteiger partial charge in [0.15, 0.2) is 6.29 Å². The molecule has 0 fully saturated rings. The lowest BCUT2D eigenvalue weighted by Crippen LogP contribution is -2.26. The summed E-state index contributed by atoms with van der Waals surface area (Å²) in [4.78, 5) is 9.97. The normalized spacial score (nSPS) is 12.3. The molecule has 0 aromatic carbocycles. The summed E-state index contributed by atoms with van der Waals surface area (Å²) in [6.07, 6.45) is 3.85. The molecule has 0 spiro atoms. The molecule has 108 valence electrons. The van der Waals surface area contributed by atoms with Gasteiger partial charge in [0.1, 0.15) is 6.61 Å². The summed E-state index contributed by atoms with van der Waals surface area (Å²) in [6.45, 7) is 7.00.